The minimum Gasteiger partial charge on any atom is -0.322 e. The summed E-state index contributed by atoms with van der Waals surface area (Å²) in [6.07, 6.45) is 0. The highest BCUT2D eigenvalue weighted by molar-refractivity contribution is 8.00. The summed E-state index contributed by atoms with van der Waals surface area (Å²) >= 11 is 1.30. The van der Waals surface area contributed by atoms with Crippen LogP contribution in [0.15, 0.2) is 11.1 Å². The van der Waals surface area contributed by atoms with Gasteiger partial charge in [-0.15, -0.1) is 0 Å². The zero-order valence-corrected chi connectivity index (χ0v) is 15.6. The molecule has 126 valence electrons. The number of nitrogens with one attached hydrogen (secondary N) is 1. The van der Waals surface area contributed by atoms with Gasteiger partial charge in [-0.25, -0.2) is 4.98 Å². The molecule has 7 heteroatoms. The van der Waals surface area contributed by atoms with E-state index in [1.165, 1.54) is 11.8 Å². The number of carbonyl (C=O) groups excluding carboxylic acids is 1. The second-order valence-electron chi connectivity index (χ2n) is 5.79. The average molecular weight is 343 g/mol. The molecule has 6 nitrogen and oxygen atoms in total. The first kappa shape index (κ1) is 18.0. The number of hydrogen-bond acceptors (Lipinski definition) is 5. The molecular formula is C17H21N5OS. The van der Waals surface area contributed by atoms with Crippen molar-refractivity contribution in [3.05, 3.63) is 34.3 Å². The van der Waals surface area contributed by atoms with Crippen LogP contribution in [0.5, 0.6) is 0 Å². The van der Waals surface area contributed by atoms with Crippen LogP contribution in [-0.4, -0.2) is 25.9 Å². The van der Waals surface area contributed by atoms with Crippen LogP contribution in [0.25, 0.3) is 0 Å². The smallest absolute Gasteiger partial charge is 0.237 e. The van der Waals surface area contributed by atoms with Gasteiger partial charge >= 0.3 is 0 Å². The number of thioether (sulfide) groups is 1. The Kier molecular flexibility index (Phi) is 5.30. The van der Waals surface area contributed by atoms with Crippen LogP contribution in [0, 0.1) is 39.0 Å². The first-order valence-corrected chi connectivity index (χ1v) is 8.48. The summed E-state index contributed by atoms with van der Waals surface area (Å²) < 4.78 is 1.74. The van der Waals surface area contributed by atoms with Crippen molar-refractivity contribution >= 4 is 23.4 Å². The van der Waals surface area contributed by atoms with Crippen molar-refractivity contribution in [2.45, 2.75) is 44.9 Å². The monoisotopic (exact) mass is 343 g/mol. The lowest BCUT2D eigenvalue weighted by Crippen LogP contribution is -2.23. The number of aryl methyl sites for hydroxylation is 4. The molecule has 2 aromatic rings. The largest absolute Gasteiger partial charge is 0.322 e. The van der Waals surface area contributed by atoms with Crippen molar-refractivity contribution in [2.75, 3.05) is 5.32 Å². The molecular weight excluding hydrogens is 322 g/mol. The van der Waals surface area contributed by atoms with Gasteiger partial charge < -0.3 is 5.32 Å². The third-order valence-electron chi connectivity index (χ3n) is 3.84. The number of rotatable bonds is 4. The lowest BCUT2D eigenvalue weighted by atomic mass is 10.1. The average Bonchev–Trinajstić information content (AvgIpc) is 2.73. The quantitative estimate of drug-likeness (QED) is 0.863. The Bertz CT molecular complexity index is 834. The third-order valence-corrected chi connectivity index (χ3v) is 4.92. The van der Waals surface area contributed by atoms with Crippen LogP contribution >= 0.6 is 11.8 Å². The highest BCUT2D eigenvalue weighted by Gasteiger charge is 2.21. The molecule has 1 unspecified atom stereocenters. The van der Waals surface area contributed by atoms with Crippen LogP contribution in [0.4, 0.5) is 5.69 Å². The van der Waals surface area contributed by atoms with Crippen LogP contribution in [0.2, 0.25) is 0 Å². The summed E-state index contributed by atoms with van der Waals surface area (Å²) in [6, 6.07) is 4.05. The van der Waals surface area contributed by atoms with Gasteiger partial charge in [0.15, 0.2) is 0 Å². The van der Waals surface area contributed by atoms with Gasteiger partial charge in [-0.05, 0) is 46.2 Å². The van der Waals surface area contributed by atoms with Crippen molar-refractivity contribution < 1.29 is 4.79 Å². The van der Waals surface area contributed by atoms with E-state index in [1.807, 2.05) is 47.7 Å². The fourth-order valence-corrected chi connectivity index (χ4v) is 3.45. The Morgan fingerprint density at radius 2 is 2.04 bits per heavy atom. The summed E-state index contributed by atoms with van der Waals surface area (Å²) in [4.78, 5) is 16.9. The van der Waals surface area contributed by atoms with Crippen molar-refractivity contribution in [3.8, 4) is 6.07 Å². The standard InChI is InChI=1S/C17H21N5OS/c1-9-7-10(2)19-17(14(9)8-18)24-13(5)16(23)20-15-11(3)21-22(6)12(15)4/h7,13H,1-6H3,(H,20,23). The van der Waals surface area contributed by atoms with Crippen molar-refractivity contribution in [2.24, 2.45) is 7.05 Å². The number of aromatic nitrogens is 3. The Labute approximate surface area is 146 Å². The number of anilines is 1. The second-order valence-corrected chi connectivity index (χ2v) is 7.12. The minimum atomic E-state index is -0.384. The third kappa shape index (κ3) is 3.60. The Morgan fingerprint density at radius 1 is 1.38 bits per heavy atom. The number of amides is 1. The number of carbonyl (C=O) groups is 1. The minimum absolute atomic E-state index is 0.135. The van der Waals surface area contributed by atoms with Crippen molar-refractivity contribution in [3.63, 3.8) is 0 Å². The van der Waals surface area contributed by atoms with E-state index in [9.17, 15) is 10.1 Å². The fraction of sp³-hybridized carbons (Fsp3) is 0.412. The number of nitriles is 1. The number of nitrogens with zero attached hydrogens (tertiary/aromatic N) is 4. The summed E-state index contributed by atoms with van der Waals surface area (Å²) in [5, 5.41) is 16.8. The summed E-state index contributed by atoms with van der Waals surface area (Å²) in [5.41, 5.74) is 4.66. The molecule has 0 fully saturated rings. The van der Waals surface area contributed by atoms with Crippen LogP contribution in [0.3, 0.4) is 0 Å². The predicted octanol–water partition coefficient (Wildman–Crippen LogP) is 3.04. The van der Waals surface area contributed by atoms with E-state index in [1.54, 1.807) is 4.68 Å². The molecule has 0 radical (unpaired) electrons. The lowest BCUT2D eigenvalue weighted by Gasteiger charge is -2.14. The Balaban J connectivity index is 2.20. The molecule has 2 heterocycles. The molecule has 0 aromatic carbocycles. The van der Waals surface area contributed by atoms with Crippen LogP contribution in [0.1, 0.15) is 35.1 Å². The second kappa shape index (κ2) is 7.05. The molecule has 24 heavy (non-hydrogen) atoms. The molecule has 0 spiro atoms. The number of hydrogen-bond donors (Lipinski definition) is 1. The maximum absolute atomic E-state index is 12.5. The molecule has 0 saturated carbocycles. The molecule has 0 aliphatic heterocycles. The first-order chi connectivity index (χ1) is 11.2. The van der Waals surface area contributed by atoms with E-state index < -0.39 is 0 Å². The molecule has 1 N–H and O–H groups in total. The van der Waals surface area contributed by atoms with Gasteiger partial charge in [0.1, 0.15) is 11.1 Å². The SMILES string of the molecule is Cc1cc(C)c(C#N)c(SC(C)C(=O)Nc2c(C)nn(C)c2C)n1. The van der Waals surface area contributed by atoms with E-state index in [0.717, 1.165) is 28.3 Å². The summed E-state index contributed by atoms with van der Waals surface area (Å²) in [5.74, 6) is -0.135. The van der Waals surface area contributed by atoms with E-state index in [-0.39, 0.29) is 11.2 Å². The zero-order chi connectivity index (χ0) is 18.0. The highest BCUT2D eigenvalue weighted by atomic mass is 32.2. The maximum atomic E-state index is 12.5. The molecule has 0 aliphatic rings. The molecule has 1 amide bonds. The van der Waals surface area contributed by atoms with Crippen LogP contribution in [-0.2, 0) is 11.8 Å². The van der Waals surface area contributed by atoms with Gasteiger partial charge in [0.05, 0.1) is 27.9 Å². The van der Waals surface area contributed by atoms with Gasteiger partial charge in [0, 0.05) is 12.7 Å². The molecule has 0 aliphatic carbocycles. The maximum Gasteiger partial charge on any atom is 0.237 e. The van der Waals surface area contributed by atoms with Gasteiger partial charge in [0.25, 0.3) is 0 Å². The Morgan fingerprint density at radius 3 is 2.58 bits per heavy atom. The summed E-state index contributed by atoms with van der Waals surface area (Å²) in [7, 11) is 1.84. The molecule has 1 atom stereocenters. The summed E-state index contributed by atoms with van der Waals surface area (Å²) in [6.45, 7) is 9.34. The van der Waals surface area contributed by atoms with Crippen LogP contribution < -0.4 is 5.32 Å². The highest BCUT2D eigenvalue weighted by Crippen LogP contribution is 2.28. The normalized spacial score (nSPS) is 11.9. The molecule has 2 rings (SSSR count). The van der Waals surface area contributed by atoms with Gasteiger partial charge in [0.2, 0.25) is 5.91 Å². The fourth-order valence-electron chi connectivity index (χ4n) is 2.42. The van der Waals surface area contributed by atoms with E-state index in [0.29, 0.717) is 10.6 Å². The Hall–Kier alpha value is -2.33. The van der Waals surface area contributed by atoms with Gasteiger partial charge in [-0.2, -0.15) is 10.4 Å². The zero-order valence-electron chi connectivity index (χ0n) is 14.8. The predicted molar refractivity (Wildman–Crippen MR) is 95.1 cm³/mol. The van der Waals surface area contributed by atoms with E-state index >= 15 is 0 Å². The molecule has 2 aromatic heterocycles. The number of pyridine rings is 1. The van der Waals surface area contributed by atoms with E-state index in [2.05, 4.69) is 21.5 Å². The topological polar surface area (TPSA) is 83.6 Å². The van der Waals surface area contributed by atoms with Crippen molar-refractivity contribution in [1.29, 1.82) is 5.26 Å². The molecule has 0 bridgehead atoms. The van der Waals surface area contributed by atoms with Crippen molar-refractivity contribution in [1.82, 2.24) is 14.8 Å². The van der Waals surface area contributed by atoms with Gasteiger partial charge in [-0.3, -0.25) is 9.48 Å². The van der Waals surface area contributed by atoms with E-state index in [4.69, 9.17) is 0 Å². The lowest BCUT2D eigenvalue weighted by molar-refractivity contribution is -0.115. The first-order valence-electron chi connectivity index (χ1n) is 7.60. The molecule has 0 saturated heterocycles. The van der Waals surface area contributed by atoms with Gasteiger partial charge in [-0.1, -0.05) is 11.8 Å².